The standard InChI is InChI=1S/C27H20F7N7O3/c28-25(29)12-40(13-26(30,31)44-25)24(43)39-6-5-38-11-17(16-8-15(27(32,33)34)7-14(10-39)22(16)38)21-20(23(42)37-36-21)18-9-35-19-3-1-2-4-41(18)19/h1-4,7-9,11H,5-6,10,12-13H2,(H2,36,37,42). The quantitative estimate of drug-likeness (QED) is 0.267. The Balaban J connectivity index is 1.35. The van der Waals surface area contributed by atoms with Gasteiger partial charge in [-0.1, -0.05) is 6.07 Å². The summed E-state index contributed by atoms with van der Waals surface area (Å²) in [7, 11) is 0. The van der Waals surface area contributed by atoms with Crippen molar-refractivity contribution in [2.45, 2.75) is 31.5 Å². The van der Waals surface area contributed by atoms with Crippen molar-refractivity contribution in [2.24, 2.45) is 0 Å². The second-order valence-corrected chi connectivity index (χ2v) is 10.6. The number of alkyl halides is 7. The number of pyridine rings is 1. The molecule has 1 fully saturated rings. The van der Waals surface area contributed by atoms with Gasteiger partial charge in [-0.3, -0.25) is 24.1 Å². The van der Waals surface area contributed by atoms with Crippen LogP contribution in [0.1, 0.15) is 11.1 Å². The summed E-state index contributed by atoms with van der Waals surface area (Å²) < 4.78 is 104. The number of morpholine rings is 1. The molecule has 7 rings (SSSR count). The van der Waals surface area contributed by atoms with Crippen molar-refractivity contribution in [1.29, 1.82) is 0 Å². The fourth-order valence-electron chi connectivity index (χ4n) is 5.91. The molecule has 2 N–H and O–H groups in total. The summed E-state index contributed by atoms with van der Waals surface area (Å²) in [6, 6.07) is 5.76. The van der Waals surface area contributed by atoms with E-state index in [1.54, 1.807) is 33.4 Å². The van der Waals surface area contributed by atoms with E-state index in [1.165, 1.54) is 12.4 Å². The molecular formula is C27H20F7N7O3. The molecule has 10 nitrogen and oxygen atoms in total. The molecule has 1 aromatic carbocycles. The van der Waals surface area contributed by atoms with Gasteiger partial charge in [0.2, 0.25) is 0 Å². The van der Waals surface area contributed by atoms with Crippen LogP contribution in [0.25, 0.3) is 39.1 Å². The Labute approximate surface area is 241 Å². The monoisotopic (exact) mass is 623 g/mol. The summed E-state index contributed by atoms with van der Waals surface area (Å²) in [6.07, 6.45) is -8.80. The largest absolute Gasteiger partial charge is 0.416 e. The van der Waals surface area contributed by atoms with Gasteiger partial charge in [-0.15, -0.1) is 0 Å². The van der Waals surface area contributed by atoms with Crippen LogP contribution < -0.4 is 5.56 Å². The van der Waals surface area contributed by atoms with E-state index >= 15 is 0 Å². The van der Waals surface area contributed by atoms with Crippen molar-refractivity contribution < 1.29 is 40.3 Å². The molecule has 0 bridgehead atoms. The zero-order chi connectivity index (χ0) is 31.2. The molecule has 1 saturated heterocycles. The maximum absolute atomic E-state index is 14.1. The van der Waals surface area contributed by atoms with Crippen molar-refractivity contribution in [2.75, 3.05) is 19.6 Å². The van der Waals surface area contributed by atoms with Gasteiger partial charge in [-0.05, 0) is 29.8 Å². The van der Waals surface area contributed by atoms with E-state index in [2.05, 4.69) is 19.9 Å². The highest BCUT2D eigenvalue weighted by Gasteiger charge is 2.53. The summed E-state index contributed by atoms with van der Waals surface area (Å²) in [6.45, 7) is -3.59. The van der Waals surface area contributed by atoms with Crippen LogP contribution in [-0.4, -0.2) is 71.8 Å². The first kappa shape index (κ1) is 28.0. The Morgan fingerprint density at radius 3 is 2.48 bits per heavy atom. The highest BCUT2D eigenvalue weighted by molar-refractivity contribution is 6.00. The molecule has 0 unspecified atom stereocenters. The summed E-state index contributed by atoms with van der Waals surface area (Å²) in [5.74, 6) is 0. The van der Waals surface area contributed by atoms with E-state index in [1.807, 2.05) is 0 Å². The summed E-state index contributed by atoms with van der Waals surface area (Å²) in [4.78, 5) is 31.7. The number of nitrogens with zero attached hydrogens (tertiary/aromatic N) is 5. The van der Waals surface area contributed by atoms with Gasteiger partial charge in [0.25, 0.3) is 5.56 Å². The topological polar surface area (TPSA) is 104 Å². The fraction of sp³-hybridized carbons (Fsp3) is 0.296. The molecule has 0 radical (unpaired) electrons. The molecule has 0 atom stereocenters. The SMILES string of the molecule is O=C(N1CCn2cc(-c3[nH][nH]c(=O)c3-c3cnc4ccccn34)c3cc(C(F)(F)F)cc(c32)C1)N1CC(F)(F)OC(F)(F)C1. The van der Waals surface area contributed by atoms with Gasteiger partial charge in [0.1, 0.15) is 18.7 Å². The molecule has 2 aliphatic rings. The number of imidazole rings is 1. The number of carbonyl (C=O) groups excluding carboxylic acids is 1. The lowest BCUT2D eigenvalue weighted by Gasteiger charge is -2.39. The predicted octanol–water partition coefficient (Wildman–Crippen LogP) is 5.11. The minimum absolute atomic E-state index is 0.00735. The number of hydrogen-bond donors (Lipinski definition) is 2. The zero-order valence-electron chi connectivity index (χ0n) is 22.3. The van der Waals surface area contributed by atoms with E-state index in [0.717, 1.165) is 17.0 Å². The molecule has 2 aliphatic heterocycles. The number of hydrogen-bond acceptors (Lipinski definition) is 4. The van der Waals surface area contributed by atoms with Crippen LogP contribution >= 0.6 is 0 Å². The van der Waals surface area contributed by atoms with Gasteiger partial charge in [0.15, 0.2) is 0 Å². The Hall–Kier alpha value is -4.80. The van der Waals surface area contributed by atoms with E-state index in [9.17, 15) is 40.3 Å². The van der Waals surface area contributed by atoms with E-state index in [0.29, 0.717) is 16.9 Å². The van der Waals surface area contributed by atoms with E-state index in [-0.39, 0.29) is 45.8 Å². The third-order valence-electron chi connectivity index (χ3n) is 7.66. The van der Waals surface area contributed by atoms with Crippen LogP contribution in [0.2, 0.25) is 0 Å². The van der Waals surface area contributed by atoms with Crippen LogP contribution in [0, 0.1) is 0 Å². The molecule has 6 heterocycles. The molecule has 0 spiro atoms. The third kappa shape index (κ3) is 4.58. The Bertz CT molecular complexity index is 1990. The van der Waals surface area contributed by atoms with Gasteiger partial charge in [-0.2, -0.15) is 30.7 Å². The first-order chi connectivity index (χ1) is 20.7. The number of H-pyrrole nitrogens is 2. The number of carbonyl (C=O) groups is 1. The van der Waals surface area contributed by atoms with Crippen molar-refractivity contribution >= 4 is 22.6 Å². The third-order valence-corrected chi connectivity index (χ3v) is 7.66. The van der Waals surface area contributed by atoms with Gasteiger partial charge in [0, 0.05) is 43.0 Å². The lowest BCUT2D eigenvalue weighted by Crippen LogP contribution is -2.59. The van der Waals surface area contributed by atoms with Crippen LogP contribution in [0.4, 0.5) is 35.5 Å². The molecule has 230 valence electrons. The second-order valence-electron chi connectivity index (χ2n) is 10.6. The number of rotatable bonds is 2. The minimum atomic E-state index is -4.82. The number of ether oxygens (including phenoxy) is 1. The molecule has 0 saturated carbocycles. The Morgan fingerprint density at radius 2 is 1.75 bits per heavy atom. The average molecular weight is 623 g/mol. The van der Waals surface area contributed by atoms with E-state index in [4.69, 9.17) is 0 Å². The van der Waals surface area contributed by atoms with Crippen molar-refractivity contribution in [3.05, 3.63) is 70.4 Å². The van der Waals surface area contributed by atoms with Crippen LogP contribution in [0.3, 0.4) is 0 Å². The molecule has 2 amide bonds. The van der Waals surface area contributed by atoms with Crippen molar-refractivity contribution in [3.8, 4) is 22.5 Å². The van der Waals surface area contributed by atoms with Gasteiger partial charge < -0.3 is 14.4 Å². The number of halogens is 7. The van der Waals surface area contributed by atoms with Gasteiger partial charge in [-0.25, -0.2) is 9.78 Å². The number of nitrogens with one attached hydrogen (secondary N) is 2. The smallest absolute Gasteiger partial charge is 0.345 e. The van der Waals surface area contributed by atoms with Gasteiger partial charge >= 0.3 is 24.4 Å². The average Bonchev–Trinajstić information content (AvgIpc) is 3.59. The number of benzene rings is 1. The second kappa shape index (κ2) is 9.35. The molecular weight excluding hydrogens is 603 g/mol. The normalized spacial score (nSPS) is 18.2. The Morgan fingerprint density at radius 1 is 1.00 bits per heavy atom. The summed E-state index contributed by atoms with van der Waals surface area (Å²) in [5.41, 5.74) is 0.195. The fourth-order valence-corrected chi connectivity index (χ4v) is 5.91. The number of aromatic amines is 2. The predicted molar refractivity (Wildman–Crippen MR) is 140 cm³/mol. The zero-order valence-corrected chi connectivity index (χ0v) is 22.3. The Kier molecular flexibility index (Phi) is 5.95. The van der Waals surface area contributed by atoms with Crippen LogP contribution in [0.5, 0.6) is 0 Å². The van der Waals surface area contributed by atoms with Crippen molar-refractivity contribution in [3.63, 3.8) is 0 Å². The van der Waals surface area contributed by atoms with Gasteiger partial charge in [0.05, 0.1) is 34.2 Å². The molecule has 44 heavy (non-hydrogen) atoms. The summed E-state index contributed by atoms with van der Waals surface area (Å²) in [5, 5.41) is 5.37. The first-order valence-corrected chi connectivity index (χ1v) is 13.2. The first-order valence-electron chi connectivity index (χ1n) is 13.2. The number of fused-ring (bicyclic) bond motifs is 1. The number of aromatic nitrogens is 5. The molecule has 4 aromatic heterocycles. The summed E-state index contributed by atoms with van der Waals surface area (Å²) >= 11 is 0. The highest BCUT2D eigenvalue weighted by atomic mass is 19.4. The van der Waals surface area contributed by atoms with Crippen LogP contribution in [-0.2, 0) is 24.0 Å². The molecule has 5 aromatic rings. The van der Waals surface area contributed by atoms with Crippen molar-refractivity contribution in [1.82, 2.24) is 33.9 Å². The maximum Gasteiger partial charge on any atom is 0.416 e. The lowest BCUT2D eigenvalue weighted by molar-refractivity contribution is -0.400. The van der Waals surface area contributed by atoms with E-state index < -0.39 is 55.2 Å². The maximum atomic E-state index is 14.1. The number of amides is 2. The molecule has 17 heteroatoms. The minimum Gasteiger partial charge on any atom is -0.345 e. The highest BCUT2D eigenvalue weighted by Crippen LogP contribution is 2.41. The number of urea groups is 1. The lowest BCUT2D eigenvalue weighted by atomic mass is 10.00. The molecule has 0 aliphatic carbocycles. The van der Waals surface area contributed by atoms with Crippen LogP contribution in [0.15, 0.2) is 53.7 Å².